The first-order chi connectivity index (χ1) is 13.5. The van der Waals surface area contributed by atoms with Gasteiger partial charge in [-0.15, -0.1) is 0 Å². The minimum atomic E-state index is -0.358. The van der Waals surface area contributed by atoms with Gasteiger partial charge in [-0.2, -0.15) is 0 Å². The van der Waals surface area contributed by atoms with E-state index in [0.717, 1.165) is 17.6 Å². The van der Waals surface area contributed by atoms with Gasteiger partial charge in [0.2, 0.25) is 0 Å². The van der Waals surface area contributed by atoms with Crippen LogP contribution in [-0.2, 0) is 12.8 Å². The van der Waals surface area contributed by atoms with Gasteiger partial charge < -0.3 is 10.2 Å². The normalized spacial score (nSPS) is 11.6. The van der Waals surface area contributed by atoms with Gasteiger partial charge in [-0.3, -0.25) is 0 Å². The van der Waals surface area contributed by atoms with Crippen LogP contribution in [0.2, 0.25) is 0 Å². The Bertz CT molecular complexity index is 986. The number of benzene rings is 3. The SMILES string of the molecule is CCCc1c(O)cc(C(=Cc2cccc(F)c2)Cc2cccc(F)c2)cc1O. The second kappa shape index (κ2) is 8.70. The van der Waals surface area contributed by atoms with Crippen LogP contribution < -0.4 is 0 Å². The lowest BCUT2D eigenvalue weighted by atomic mass is 9.93. The second-order valence-corrected chi connectivity index (χ2v) is 6.77. The van der Waals surface area contributed by atoms with E-state index in [9.17, 15) is 19.0 Å². The van der Waals surface area contributed by atoms with E-state index in [4.69, 9.17) is 0 Å². The summed E-state index contributed by atoms with van der Waals surface area (Å²) in [6.45, 7) is 1.96. The molecule has 0 radical (unpaired) electrons. The fourth-order valence-electron chi connectivity index (χ4n) is 3.23. The Hall–Kier alpha value is -3.14. The highest BCUT2D eigenvalue weighted by Gasteiger charge is 2.13. The zero-order valence-electron chi connectivity index (χ0n) is 15.6. The average Bonchev–Trinajstić information content (AvgIpc) is 2.64. The van der Waals surface area contributed by atoms with E-state index in [0.29, 0.717) is 29.5 Å². The van der Waals surface area contributed by atoms with Gasteiger partial charge in [0, 0.05) is 5.56 Å². The van der Waals surface area contributed by atoms with Crippen LogP contribution in [0.4, 0.5) is 8.78 Å². The fraction of sp³-hybridized carbons (Fsp3) is 0.167. The summed E-state index contributed by atoms with van der Waals surface area (Å²) in [5.74, 6) is -0.670. The number of rotatable bonds is 6. The van der Waals surface area contributed by atoms with Gasteiger partial charge in [0.05, 0.1) is 0 Å². The van der Waals surface area contributed by atoms with Gasteiger partial charge in [0.1, 0.15) is 23.1 Å². The molecule has 3 aromatic carbocycles. The molecular weight excluding hydrogens is 358 g/mol. The summed E-state index contributed by atoms with van der Waals surface area (Å²) in [6, 6.07) is 15.6. The molecule has 144 valence electrons. The van der Waals surface area contributed by atoms with Crippen molar-refractivity contribution in [1.82, 2.24) is 0 Å². The van der Waals surface area contributed by atoms with Crippen molar-refractivity contribution in [3.63, 3.8) is 0 Å². The van der Waals surface area contributed by atoms with Gasteiger partial charge in [-0.25, -0.2) is 8.78 Å². The third-order valence-electron chi connectivity index (χ3n) is 4.55. The minimum Gasteiger partial charge on any atom is -0.508 e. The van der Waals surface area contributed by atoms with Crippen LogP contribution in [0, 0.1) is 11.6 Å². The molecule has 28 heavy (non-hydrogen) atoms. The molecule has 2 N–H and O–H groups in total. The van der Waals surface area contributed by atoms with Crippen LogP contribution in [-0.4, -0.2) is 10.2 Å². The summed E-state index contributed by atoms with van der Waals surface area (Å²) in [5, 5.41) is 20.7. The van der Waals surface area contributed by atoms with Crippen molar-refractivity contribution in [2.75, 3.05) is 0 Å². The van der Waals surface area contributed by atoms with E-state index in [-0.39, 0.29) is 23.1 Å². The molecule has 0 bridgehead atoms. The third-order valence-corrected chi connectivity index (χ3v) is 4.55. The molecule has 0 aromatic heterocycles. The summed E-state index contributed by atoms with van der Waals surface area (Å²) in [5.41, 5.74) is 3.21. The molecule has 0 aliphatic carbocycles. The average molecular weight is 380 g/mol. The Morgan fingerprint density at radius 2 is 1.54 bits per heavy atom. The first-order valence-corrected chi connectivity index (χ1v) is 9.22. The zero-order chi connectivity index (χ0) is 20.1. The number of hydrogen-bond acceptors (Lipinski definition) is 2. The monoisotopic (exact) mass is 380 g/mol. The van der Waals surface area contributed by atoms with Crippen molar-refractivity contribution in [3.8, 4) is 11.5 Å². The van der Waals surface area contributed by atoms with E-state index < -0.39 is 0 Å². The first-order valence-electron chi connectivity index (χ1n) is 9.22. The Morgan fingerprint density at radius 3 is 2.14 bits per heavy atom. The van der Waals surface area contributed by atoms with Crippen molar-refractivity contribution in [2.24, 2.45) is 0 Å². The summed E-state index contributed by atoms with van der Waals surface area (Å²) in [7, 11) is 0. The molecule has 3 aromatic rings. The lowest BCUT2D eigenvalue weighted by Gasteiger charge is -2.13. The fourth-order valence-corrected chi connectivity index (χ4v) is 3.23. The number of aromatic hydroxyl groups is 2. The van der Waals surface area contributed by atoms with Gasteiger partial charge in [0.15, 0.2) is 0 Å². The molecular formula is C24H22F2O2. The number of phenolic OH excluding ortho intramolecular Hbond substituents is 2. The summed E-state index contributed by atoms with van der Waals surface area (Å²) in [4.78, 5) is 0. The third kappa shape index (κ3) is 4.77. The molecule has 0 saturated heterocycles. The number of hydrogen-bond donors (Lipinski definition) is 2. The summed E-state index contributed by atoms with van der Waals surface area (Å²) < 4.78 is 27.2. The summed E-state index contributed by atoms with van der Waals surface area (Å²) >= 11 is 0. The van der Waals surface area contributed by atoms with Crippen LogP contribution in [0.3, 0.4) is 0 Å². The van der Waals surface area contributed by atoms with Gasteiger partial charge in [0.25, 0.3) is 0 Å². The van der Waals surface area contributed by atoms with Crippen molar-refractivity contribution in [3.05, 3.63) is 94.6 Å². The maximum absolute atomic E-state index is 13.6. The molecule has 0 aliphatic heterocycles. The molecule has 0 atom stereocenters. The predicted octanol–water partition coefficient (Wildman–Crippen LogP) is 6.11. The minimum absolute atomic E-state index is 0.0150. The van der Waals surface area contributed by atoms with Crippen LogP contribution in [0.25, 0.3) is 11.6 Å². The van der Waals surface area contributed by atoms with E-state index in [1.165, 1.54) is 24.3 Å². The number of halogens is 2. The van der Waals surface area contributed by atoms with Crippen LogP contribution in [0.5, 0.6) is 11.5 Å². The molecule has 0 saturated carbocycles. The highest BCUT2D eigenvalue weighted by Crippen LogP contribution is 2.34. The highest BCUT2D eigenvalue weighted by atomic mass is 19.1. The van der Waals surface area contributed by atoms with E-state index >= 15 is 0 Å². The van der Waals surface area contributed by atoms with E-state index in [1.807, 2.05) is 6.92 Å². The van der Waals surface area contributed by atoms with Crippen molar-refractivity contribution >= 4 is 11.6 Å². The standard InChI is InChI=1S/C24H22F2O2/c1-2-5-22-23(27)14-19(15-24(22)28)18(10-16-6-3-8-20(25)12-16)11-17-7-4-9-21(26)13-17/h3-4,6-10,12-15,27-28H,2,5,11H2,1H3. The lowest BCUT2D eigenvalue weighted by Crippen LogP contribution is -1.95. The molecule has 0 amide bonds. The molecule has 4 heteroatoms. The maximum atomic E-state index is 13.6. The molecule has 3 rings (SSSR count). The molecule has 0 unspecified atom stereocenters. The molecule has 0 heterocycles. The largest absolute Gasteiger partial charge is 0.508 e. The molecule has 0 aliphatic rings. The Morgan fingerprint density at radius 1 is 0.893 bits per heavy atom. The highest BCUT2D eigenvalue weighted by molar-refractivity contribution is 5.84. The molecule has 0 spiro atoms. The lowest BCUT2D eigenvalue weighted by molar-refractivity contribution is 0.437. The smallest absolute Gasteiger partial charge is 0.123 e. The van der Waals surface area contributed by atoms with Crippen molar-refractivity contribution in [1.29, 1.82) is 0 Å². The predicted molar refractivity (Wildman–Crippen MR) is 108 cm³/mol. The van der Waals surface area contributed by atoms with Crippen molar-refractivity contribution in [2.45, 2.75) is 26.2 Å². The summed E-state index contributed by atoms with van der Waals surface area (Å²) in [6.07, 6.45) is 3.49. The van der Waals surface area contributed by atoms with E-state index in [2.05, 4.69) is 0 Å². The van der Waals surface area contributed by atoms with Crippen LogP contribution in [0.15, 0.2) is 60.7 Å². The first kappa shape index (κ1) is 19.6. The van der Waals surface area contributed by atoms with Gasteiger partial charge in [-0.1, -0.05) is 43.7 Å². The van der Waals surface area contributed by atoms with Crippen LogP contribution in [0.1, 0.15) is 35.6 Å². The number of allylic oxidation sites excluding steroid dienone is 1. The second-order valence-electron chi connectivity index (χ2n) is 6.77. The van der Waals surface area contributed by atoms with Crippen molar-refractivity contribution < 1.29 is 19.0 Å². The molecule has 0 fully saturated rings. The topological polar surface area (TPSA) is 40.5 Å². The molecule has 2 nitrogen and oxygen atoms in total. The Kier molecular flexibility index (Phi) is 6.09. The Balaban J connectivity index is 2.08. The maximum Gasteiger partial charge on any atom is 0.123 e. The quantitative estimate of drug-likeness (QED) is 0.506. The zero-order valence-corrected chi connectivity index (χ0v) is 15.6. The van der Waals surface area contributed by atoms with E-state index in [1.54, 1.807) is 42.5 Å². The number of phenols is 2. The van der Waals surface area contributed by atoms with Gasteiger partial charge in [-0.05, 0) is 71.5 Å². The Labute approximate surface area is 163 Å². The van der Waals surface area contributed by atoms with Crippen LogP contribution >= 0.6 is 0 Å². The van der Waals surface area contributed by atoms with Gasteiger partial charge >= 0.3 is 0 Å².